The third-order valence-corrected chi connectivity index (χ3v) is 3.31. The second kappa shape index (κ2) is 7.31. The Kier molecular flexibility index (Phi) is 4.75. The van der Waals surface area contributed by atoms with Crippen LogP contribution in [0, 0.1) is 5.82 Å². The van der Waals surface area contributed by atoms with Crippen molar-refractivity contribution in [3.8, 4) is 0 Å². The lowest BCUT2D eigenvalue weighted by Gasteiger charge is -2.07. The maximum atomic E-state index is 12.9. The molecule has 2 heterocycles. The first-order valence-corrected chi connectivity index (χ1v) is 7.36. The molecule has 0 saturated heterocycles. The summed E-state index contributed by atoms with van der Waals surface area (Å²) in [6, 6.07) is 11.6. The zero-order valence-corrected chi connectivity index (χ0v) is 12.9. The smallest absolute Gasteiger partial charge is 0.256 e. The number of amides is 2. The molecule has 124 valence electrons. The first-order chi connectivity index (χ1) is 12.1. The molecule has 7 heteroatoms. The Morgan fingerprint density at radius 3 is 2.08 bits per heavy atom. The molecule has 0 radical (unpaired) electrons. The molecule has 0 bridgehead atoms. The molecule has 0 saturated carbocycles. The van der Waals surface area contributed by atoms with Crippen molar-refractivity contribution in [2.45, 2.75) is 0 Å². The quantitative estimate of drug-likeness (QED) is 0.767. The molecule has 6 nitrogen and oxygen atoms in total. The number of rotatable bonds is 4. The van der Waals surface area contributed by atoms with Crippen LogP contribution >= 0.6 is 0 Å². The van der Waals surface area contributed by atoms with Crippen molar-refractivity contribution in [1.29, 1.82) is 0 Å². The summed E-state index contributed by atoms with van der Waals surface area (Å²) in [5.41, 5.74) is 1.28. The minimum Gasteiger partial charge on any atom is -0.321 e. The first-order valence-electron chi connectivity index (χ1n) is 7.36. The molecule has 0 aliphatic rings. The van der Waals surface area contributed by atoms with E-state index in [4.69, 9.17) is 0 Å². The summed E-state index contributed by atoms with van der Waals surface area (Å²) in [7, 11) is 0. The topological polar surface area (TPSA) is 84.0 Å². The molecular weight excluding hydrogens is 323 g/mol. The van der Waals surface area contributed by atoms with Crippen LogP contribution in [0.5, 0.6) is 0 Å². The van der Waals surface area contributed by atoms with Gasteiger partial charge in [0.05, 0.1) is 11.9 Å². The Balaban J connectivity index is 1.63. The number of halogens is 1. The van der Waals surface area contributed by atoms with E-state index in [-0.39, 0.29) is 5.91 Å². The lowest BCUT2D eigenvalue weighted by molar-refractivity contribution is 0.101. The molecule has 0 spiro atoms. The van der Waals surface area contributed by atoms with Gasteiger partial charge in [-0.15, -0.1) is 0 Å². The summed E-state index contributed by atoms with van der Waals surface area (Å²) >= 11 is 0. The van der Waals surface area contributed by atoms with Gasteiger partial charge in [-0.3, -0.25) is 14.6 Å². The van der Waals surface area contributed by atoms with Crippen molar-refractivity contribution in [1.82, 2.24) is 9.97 Å². The number of nitrogens with zero attached hydrogens (tertiary/aromatic N) is 2. The Labute approximate surface area is 142 Å². The SMILES string of the molecule is O=C(Nc1ccc(NC(=O)c2ccc(F)cc2)nc1)c1ccncc1. The van der Waals surface area contributed by atoms with E-state index in [0.29, 0.717) is 22.6 Å². The number of carbonyl (C=O) groups is 2. The van der Waals surface area contributed by atoms with E-state index in [1.807, 2.05) is 0 Å². The van der Waals surface area contributed by atoms with Crippen molar-refractivity contribution >= 4 is 23.3 Å². The number of anilines is 2. The molecule has 0 aliphatic carbocycles. The van der Waals surface area contributed by atoms with Crippen LogP contribution in [0.25, 0.3) is 0 Å². The standard InChI is InChI=1S/C18H13FN4O2/c19-14-3-1-12(2-4-14)18(25)23-16-6-5-15(11-21-16)22-17(24)13-7-9-20-10-8-13/h1-11H,(H,22,24)(H,21,23,25). The number of benzene rings is 1. The van der Waals surface area contributed by atoms with E-state index >= 15 is 0 Å². The van der Waals surface area contributed by atoms with E-state index in [2.05, 4.69) is 20.6 Å². The van der Waals surface area contributed by atoms with Crippen LogP contribution in [0.4, 0.5) is 15.9 Å². The van der Waals surface area contributed by atoms with Gasteiger partial charge >= 0.3 is 0 Å². The maximum absolute atomic E-state index is 12.9. The van der Waals surface area contributed by atoms with Gasteiger partial charge in [0.2, 0.25) is 0 Å². The minimum atomic E-state index is -0.413. The predicted molar refractivity (Wildman–Crippen MR) is 90.8 cm³/mol. The van der Waals surface area contributed by atoms with Gasteiger partial charge in [0.25, 0.3) is 11.8 Å². The van der Waals surface area contributed by atoms with Gasteiger partial charge in [-0.25, -0.2) is 9.37 Å². The van der Waals surface area contributed by atoms with Gasteiger partial charge in [0.15, 0.2) is 0 Å². The summed E-state index contributed by atoms with van der Waals surface area (Å²) in [4.78, 5) is 32.0. The zero-order valence-electron chi connectivity index (χ0n) is 12.9. The van der Waals surface area contributed by atoms with Gasteiger partial charge in [-0.05, 0) is 48.5 Å². The molecule has 0 unspecified atom stereocenters. The van der Waals surface area contributed by atoms with Gasteiger partial charge in [-0.1, -0.05) is 0 Å². The highest BCUT2D eigenvalue weighted by molar-refractivity contribution is 6.05. The minimum absolute atomic E-state index is 0.285. The molecule has 0 fully saturated rings. The van der Waals surface area contributed by atoms with Crippen molar-refractivity contribution in [3.05, 3.63) is 84.1 Å². The third-order valence-electron chi connectivity index (χ3n) is 3.31. The number of carbonyl (C=O) groups excluding carboxylic acids is 2. The molecule has 3 rings (SSSR count). The fourth-order valence-corrected chi connectivity index (χ4v) is 2.04. The van der Waals surface area contributed by atoms with Gasteiger partial charge in [0, 0.05) is 23.5 Å². The average molecular weight is 336 g/mol. The van der Waals surface area contributed by atoms with Crippen LogP contribution in [-0.4, -0.2) is 21.8 Å². The Bertz CT molecular complexity index is 881. The van der Waals surface area contributed by atoms with Crippen molar-refractivity contribution in [2.24, 2.45) is 0 Å². The lowest BCUT2D eigenvalue weighted by atomic mass is 10.2. The van der Waals surface area contributed by atoms with Crippen LogP contribution < -0.4 is 10.6 Å². The Morgan fingerprint density at radius 1 is 0.800 bits per heavy atom. The van der Waals surface area contributed by atoms with Crippen molar-refractivity contribution in [3.63, 3.8) is 0 Å². The summed E-state index contributed by atoms with van der Waals surface area (Å²) < 4.78 is 12.9. The number of hydrogen-bond donors (Lipinski definition) is 2. The Morgan fingerprint density at radius 2 is 1.44 bits per heavy atom. The van der Waals surface area contributed by atoms with Crippen LogP contribution in [0.1, 0.15) is 20.7 Å². The second-order valence-corrected chi connectivity index (χ2v) is 5.08. The van der Waals surface area contributed by atoms with Crippen LogP contribution in [0.2, 0.25) is 0 Å². The number of aromatic nitrogens is 2. The van der Waals surface area contributed by atoms with Crippen LogP contribution in [0.3, 0.4) is 0 Å². The molecule has 2 amide bonds. The summed E-state index contributed by atoms with van der Waals surface area (Å²) in [6.45, 7) is 0. The van der Waals surface area contributed by atoms with E-state index in [1.54, 1.807) is 24.3 Å². The maximum Gasteiger partial charge on any atom is 0.256 e. The Hall–Kier alpha value is -3.61. The van der Waals surface area contributed by atoms with Gasteiger partial charge in [-0.2, -0.15) is 0 Å². The summed E-state index contributed by atoms with van der Waals surface area (Å²) in [5.74, 6) is -0.784. The monoisotopic (exact) mass is 336 g/mol. The van der Waals surface area contributed by atoms with Gasteiger partial charge < -0.3 is 10.6 Å². The number of pyridine rings is 2. The van der Waals surface area contributed by atoms with E-state index < -0.39 is 11.7 Å². The molecule has 3 aromatic rings. The highest BCUT2D eigenvalue weighted by Crippen LogP contribution is 2.13. The summed E-state index contributed by atoms with van der Waals surface area (Å²) in [6.07, 6.45) is 4.49. The third kappa shape index (κ3) is 4.23. The molecule has 2 aromatic heterocycles. The predicted octanol–water partition coefficient (Wildman–Crippen LogP) is 3.12. The first kappa shape index (κ1) is 16.3. The van der Waals surface area contributed by atoms with Gasteiger partial charge in [0.1, 0.15) is 11.6 Å². The molecule has 2 N–H and O–H groups in total. The second-order valence-electron chi connectivity index (χ2n) is 5.08. The molecular formula is C18H13FN4O2. The molecule has 0 aliphatic heterocycles. The fraction of sp³-hybridized carbons (Fsp3) is 0. The van der Waals surface area contributed by atoms with Crippen molar-refractivity contribution < 1.29 is 14.0 Å². The van der Waals surface area contributed by atoms with Crippen LogP contribution in [0.15, 0.2) is 67.1 Å². The zero-order chi connectivity index (χ0) is 17.6. The molecule has 0 atom stereocenters. The molecule has 25 heavy (non-hydrogen) atoms. The normalized spacial score (nSPS) is 10.1. The highest BCUT2D eigenvalue weighted by Gasteiger charge is 2.08. The van der Waals surface area contributed by atoms with E-state index in [0.717, 1.165) is 0 Å². The lowest BCUT2D eigenvalue weighted by Crippen LogP contribution is -2.14. The van der Waals surface area contributed by atoms with E-state index in [9.17, 15) is 14.0 Å². The number of nitrogens with one attached hydrogen (secondary N) is 2. The van der Waals surface area contributed by atoms with Crippen LogP contribution in [-0.2, 0) is 0 Å². The molecule has 1 aromatic carbocycles. The van der Waals surface area contributed by atoms with E-state index in [1.165, 1.54) is 42.9 Å². The summed E-state index contributed by atoms with van der Waals surface area (Å²) in [5, 5.41) is 5.29. The highest BCUT2D eigenvalue weighted by atomic mass is 19.1. The largest absolute Gasteiger partial charge is 0.321 e. The number of hydrogen-bond acceptors (Lipinski definition) is 4. The van der Waals surface area contributed by atoms with Crippen molar-refractivity contribution in [2.75, 3.05) is 10.6 Å². The fourth-order valence-electron chi connectivity index (χ4n) is 2.04. The average Bonchev–Trinajstić information content (AvgIpc) is 2.64.